The van der Waals surface area contributed by atoms with Gasteiger partial charge in [0, 0.05) is 0 Å². The van der Waals surface area contributed by atoms with Gasteiger partial charge < -0.3 is 5.11 Å². The first-order valence-electron chi connectivity index (χ1n) is 8.49. The average Bonchev–Trinajstić information content (AvgIpc) is 2.37. The Kier molecular flexibility index (Phi) is 15.0. The highest BCUT2D eigenvalue weighted by Gasteiger charge is 2.03. The Morgan fingerprint density at radius 3 is 1.28 bits per heavy atom. The summed E-state index contributed by atoms with van der Waals surface area (Å²) in [4.78, 5) is 0. The lowest BCUT2D eigenvalue weighted by atomic mass is 10.0. The molecule has 0 aliphatic heterocycles. The SMILES string of the molecule is CCCCCCCCC[C@H](O)CCCCCCC. The zero-order valence-electron chi connectivity index (χ0n) is 12.9. The summed E-state index contributed by atoms with van der Waals surface area (Å²) in [5.41, 5.74) is 0. The van der Waals surface area contributed by atoms with Crippen LogP contribution in [0.1, 0.15) is 104 Å². The molecule has 0 aromatic rings. The normalized spacial score (nSPS) is 12.8. The first-order chi connectivity index (χ1) is 8.81. The fourth-order valence-electron chi connectivity index (χ4n) is 2.46. The van der Waals surface area contributed by atoms with Gasteiger partial charge >= 0.3 is 0 Å². The molecule has 0 aliphatic carbocycles. The van der Waals surface area contributed by atoms with Crippen LogP contribution in [-0.2, 0) is 0 Å². The zero-order valence-corrected chi connectivity index (χ0v) is 12.9. The molecule has 0 saturated heterocycles. The molecular formula is C17H36O. The Balaban J connectivity index is 3.09. The van der Waals surface area contributed by atoms with E-state index in [1.165, 1.54) is 77.0 Å². The van der Waals surface area contributed by atoms with E-state index in [0.717, 1.165) is 12.8 Å². The standard InChI is InChI=1S/C17H36O/c1-3-5-7-9-10-12-14-16-17(18)15-13-11-8-6-4-2/h17-18H,3-16H2,1-2H3/t17-/m1/s1. The van der Waals surface area contributed by atoms with E-state index in [1.807, 2.05) is 0 Å². The van der Waals surface area contributed by atoms with Gasteiger partial charge in [0.1, 0.15) is 0 Å². The molecule has 0 rings (SSSR count). The molecular weight excluding hydrogens is 220 g/mol. The predicted octanol–water partition coefficient (Wildman–Crippen LogP) is 5.85. The molecule has 0 amide bonds. The third-order valence-corrected chi connectivity index (χ3v) is 3.78. The molecule has 1 atom stereocenters. The minimum absolute atomic E-state index is 0.0257. The maximum Gasteiger partial charge on any atom is 0.0540 e. The number of aliphatic hydroxyl groups excluding tert-OH is 1. The Labute approximate surface area is 115 Å². The van der Waals surface area contributed by atoms with Crippen molar-refractivity contribution in [3.63, 3.8) is 0 Å². The molecule has 0 bridgehead atoms. The van der Waals surface area contributed by atoms with Gasteiger partial charge in [0.2, 0.25) is 0 Å². The van der Waals surface area contributed by atoms with E-state index in [-0.39, 0.29) is 6.10 Å². The minimum atomic E-state index is -0.0257. The first kappa shape index (κ1) is 18.0. The van der Waals surface area contributed by atoms with Crippen molar-refractivity contribution in [3.05, 3.63) is 0 Å². The summed E-state index contributed by atoms with van der Waals surface area (Å²) < 4.78 is 0. The maximum atomic E-state index is 9.85. The number of hydrogen-bond donors (Lipinski definition) is 1. The van der Waals surface area contributed by atoms with Crippen molar-refractivity contribution in [2.24, 2.45) is 0 Å². The van der Waals surface area contributed by atoms with Crippen molar-refractivity contribution in [3.8, 4) is 0 Å². The van der Waals surface area contributed by atoms with Gasteiger partial charge in [0.25, 0.3) is 0 Å². The van der Waals surface area contributed by atoms with Gasteiger partial charge in [0.05, 0.1) is 6.10 Å². The third kappa shape index (κ3) is 14.0. The lowest BCUT2D eigenvalue weighted by Crippen LogP contribution is -2.05. The zero-order chi connectivity index (χ0) is 13.5. The number of hydrogen-bond acceptors (Lipinski definition) is 1. The Bertz CT molecular complexity index is 145. The van der Waals surface area contributed by atoms with E-state index in [2.05, 4.69) is 13.8 Å². The summed E-state index contributed by atoms with van der Waals surface area (Å²) in [5.74, 6) is 0. The van der Waals surface area contributed by atoms with Gasteiger partial charge in [0.15, 0.2) is 0 Å². The van der Waals surface area contributed by atoms with E-state index in [1.54, 1.807) is 0 Å². The molecule has 0 unspecified atom stereocenters. The monoisotopic (exact) mass is 256 g/mol. The van der Waals surface area contributed by atoms with E-state index in [4.69, 9.17) is 0 Å². The van der Waals surface area contributed by atoms with Crippen LogP contribution in [0.3, 0.4) is 0 Å². The van der Waals surface area contributed by atoms with Gasteiger partial charge in [-0.3, -0.25) is 0 Å². The Morgan fingerprint density at radius 2 is 0.889 bits per heavy atom. The second-order valence-electron chi connectivity index (χ2n) is 5.77. The van der Waals surface area contributed by atoms with Crippen LogP contribution in [0.15, 0.2) is 0 Å². The van der Waals surface area contributed by atoms with Crippen molar-refractivity contribution >= 4 is 0 Å². The lowest BCUT2D eigenvalue weighted by molar-refractivity contribution is 0.147. The topological polar surface area (TPSA) is 20.2 Å². The third-order valence-electron chi connectivity index (χ3n) is 3.78. The average molecular weight is 256 g/mol. The van der Waals surface area contributed by atoms with Crippen LogP contribution in [0.25, 0.3) is 0 Å². The smallest absolute Gasteiger partial charge is 0.0540 e. The highest BCUT2D eigenvalue weighted by molar-refractivity contribution is 4.57. The molecule has 110 valence electrons. The second-order valence-corrected chi connectivity index (χ2v) is 5.77. The lowest BCUT2D eigenvalue weighted by Gasteiger charge is -2.10. The number of unbranched alkanes of at least 4 members (excludes halogenated alkanes) is 10. The summed E-state index contributed by atoms with van der Waals surface area (Å²) in [6.45, 7) is 4.51. The van der Waals surface area contributed by atoms with Crippen LogP contribution in [0.4, 0.5) is 0 Å². The van der Waals surface area contributed by atoms with Gasteiger partial charge in [-0.05, 0) is 12.8 Å². The molecule has 0 heterocycles. The van der Waals surface area contributed by atoms with E-state index < -0.39 is 0 Å². The largest absolute Gasteiger partial charge is 0.393 e. The van der Waals surface area contributed by atoms with E-state index in [0.29, 0.717) is 0 Å². The van der Waals surface area contributed by atoms with Crippen molar-refractivity contribution in [2.75, 3.05) is 0 Å². The molecule has 0 aromatic carbocycles. The van der Waals surface area contributed by atoms with Gasteiger partial charge in [-0.25, -0.2) is 0 Å². The van der Waals surface area contributed by atoms with Crippen molar-refractivity contribution in [1.82, 2.24) is 0 Å². The molecule has 0 spiro atoms. The fraction of sp³-hybridized carbons (Fsp3) is 1.00. The molecule has 0 aromatic heterocycles. The van der Waals surface area contributed by atoms with Crippen LogP contribution in [0, 0.1) is 0 Å². The van der Waals surface area contributed by atoms with Gasteiger partial charge in [-0.15, -0.1) is 0 Å². The van der Waals surface area contributed by atoms with Crippen molar-refractivity contribution < 1.29 is 5.11 Å². The summed E-state index contributed by atoms with van der Waals surface area (Å²) >= 11 is 0. The fourth-order valence-corrected chi connectivity index (χ4v) is 2.46. The van der Waals surface area contributed by atoms with E-state index >= 15 is 0 Å². The van der Waals surface area contributed by atoms with Gasteiger partial charge in [-0.1, -0.05) is 90.9 Å². The van der Waals surface area contributed by atoms with Crippen LogP contribution in [-0.4, -0.2) is 11.2 Å². The summed E-state index contributed by atoms with van der Waals surface area (Å²) in [7, 11) is 0. The molecule has 0 saturated carbocycles. The quantitative estimate of drug-likeness (QED) is 0.387. The number of rotatable bonds is 14. The number of aliphatic hydroxyl groups is 1. The maximum absolute atomic E-state index is 9.85. The second kappa shape index (κ2) is 15.0. The molecule has 1 nitrogen and oxygen atoms in total. The summed E-state index contributed by atoms with van der Waals surface area (Å²) in [6.07, 6.45) is 18.0. The van der Waals surface area contributed by atoms with Crippen LogP contribution in [0.2, 0.25) is 0 Å². The van der Waals surface area contributed by atoms with Crippen LogP contribution < -0.4 is 0 Å². The van der Waals surface area contributed by atoms with Crippen LogP contribution >= 0.6 is 0 Å². The first-order valence-corrected chi connectivity index (χ1v) is 8.49. The minimum Gasteiger partial charge on any atom is -0.393 e. The molecule has 0 fully saturated rings. The molecule has 1 heteroatoms. The molecule has 0 aliphatic rings. The predicted molar refractivity (Wildman–Crippen MR) is 82.0 cm³/mol. The molecule has 0 radical (unpaired) electrons. The Morgan fingerprint density at radius 1 is 0.556 bits per heavy atom. The Hall–Kier alpha value is -0.0400. The van der Waals surface area contributed by atoms with Crippen molar-refractivity contribution in [2.45, 2.75) is 110 Å². The van der Waals surface area contributed by atoms with E-state index in [9.17, 15) is 5.11 Å². The molecule has 18 heavy (non-hydrogen) atoms. The summed E-state index contributed by atoms with van der Waals surface area (Å²) in [5, 5.41) is 9.85. The van der Waals surface area contributed by atoms with Gasteiger partial charge in [-0.2, -0.15) is 0 Å². The highest BCUT2D eigenvalue weighted by Crippen LogP contribution is 2.13. The molecule has 1 N–H and O–H groups in total. The van der Waals surface area contributed by atoms with Crippen LogP contribution in [0.5, 0.6) is 0 Å². The van der Waals surface area contributed by atoms with Crippen molar-refractivity contribution in [1.29, 1.82) is 0 Å². The highest BCUT2D eigenvalue weighted by atomic mass is 16.3. The summed E-state index contributed by atoms with van der Waals surface area (Å²) in [6, 6.07) is 0.